The molecule has 15 rings (SSSR count). The minimum absolute atomic E-state index is 0.410. The van der Waals surface area contributed by atoms with Crippen LogP contribution in [-0.4, -0.2) is 44.9 Å². The normalized spacial score (nSPS) is 14.8. The largest absolute Gasteiger partial charge is 0.256 e. The van der Waals surface area contributed by atoms with Crippen molar-refractivity contribution < 1.29 is 0 Å². The van der Waals surface area contributed by atoms with Crippen LogP contribution in [0.5, 0.6) is 0 Å². The maximum atomic E-state index is 5.73. The van der Waals surface area contributed by atoms with E-state index in [1.165, 1.54) is 0 Å². The molecule has 8 aromatic heterocycles. The van der Waals surface area contributed by atoms with Crippen LogP contribution in [0.1, 0.15) is 23.6 Å². The van der Waals surface area contributed by atoms with Crippen molar-refractivity contribution in [2.75, 3.05) is 0 Å². The summed E-state index contributed by atoms with van der Waals surface area (Å²) in [4.78, 5) is 47.4. The molecule has 0 N–H and O–H groups in total. The quantitative estimate of drug-likeness (QED) is 0.126. The molecule has 6 aromatic carbocycles. The van der Waals surface area contributed by atoms with Gasteiger partial charge in [0.25, 0.3) is 0 Å². The minimum atomic E-state index is -0.410. The molecular weight excluding hydrogens is 871 g/mol. The van der Waals surface area contributed by atoms with E-state index in [2.05, 4.69) is 153 Å². The van der Waals surface area contributed by atoms with Gasteiger partial charge in [-0.2, -0.15) is 0 Å². The third-order valence-corrected chi connectivity index (χ3v) is 14.6. The second-order valence-electron chi connectivity index (χ2n) is 18.7. The zero-order chi connectivity index (χ0) is 46.8. The lowest BCUT2D eigenvalue weighted by Crippen LogP contribution is -2.26. The average molecular weight is 908 g/mol. The van der Waals surface area contributed by atoms with Crippen molar-refractivity contribution >= 4 is 104 Å². The van der Waals surface area contributed by atoms with Crippen LogP contribution in [0.4, 0.5) is 0 Å². The lowest BCUT2D eigenvalue weighted by Gasteiger charge is -2.32. The summed E-state index contributed by atoms with van der Waals surface area (Å²) in [7, 11) is 0. The van der Waals surface area contributed by atoms with E-state index >= 15 is 0 Å². The summed E-state index contributed by atoms with van der Waals surface area (Å²) in [6.45, 7) is 2.31. The first-order valence-corrected chi connectivity index (χ1v) is 23.8. The lowest BCUT2D eigenvalue weighted by atomic mass is 9.71. The van der Waals surface area contributed by atoms with Crippen LogP contribution in [0.2, 0.25) is 0 Å². The summed E-state index contributed by atoms with van der Waals surface area (Å²) in [5.41, 5.74) is 17.3. The van der Waals surface area contributed by atoms with Crippen molar-refractivity contribution in [1.29, 1.82) is 0 Å². The number of allylic oxidation sites excluding steroid dienone is 1. The first-order valence-electron chi connectivity index (χ1n) is 23.8. The van der Waals surface area contributed by atoms with Crippen LogP contribution in [-0.2, 0) is 11.8 Å². The predicted octanol–water partition coefficient (Wildman–Crippen LogP) is 14.1. The van der Waals surface area contributed by atoms with Crippen LogP contribution in [0.3, 0.4) is 0 Å². The maximum Gasteiger partial charge on any atom is 0.0996 e. The van der Waals surface area contributed by atoms with Gasteiger partial charge in [0.05, 0.1) is 77.8 Å². The standard InChI is InChI=1S/C62H37N9/c1-62(47-21-5-13-38-17-9-33-66-54(38)47)29-28-39-46(34-62)55-43(22-25-48(67-55)40-18-2-10-35-14-6-30-63-51(35)40)59-56(39)70-60-44-23-26-49(41-19-3-11-36-15-7-31-64-52(36)41)68-57(44)58-45(61(60)71-59)24-27-50(69-58)42-20-4-12-37-16-8-32-65-53(37)42/h2-33H,34H2,1H3/t62-/m1/s1. The topological polar surface area (TPSA) is 116 Å². The molecule has 8 heterocycles. The number of para-hydroxylation sites is 4. The molecule has 1 aliphatic rings. The average Bonchev–Trinajstić information content (AvgIpc) is 3.43. The Bertz CT molecular complexity index is 4640. The van der Waals surface area contributed by atoms with E-state index in [1.807, 2.05) is 49.1 Å². The molecule has 9 heteroatoms. The van der Waals surface area contributed by atoms with Crippen LogP contribution in [0.15, 0.2) is 189 Å². The molecule has 0 saturated carbocycles. The summed E-state index contributed by atoms with van der Waals surface area (Å²) in [5.74, 6) is 0. The van der Waals surface area contributed by atoms with Gasteiger partial charge in [-0.25, -0.2) is 24.9 Å². The third kappa shape index (κ3) is 5.96. The predicted molar refractivity (Wildman–Crippen MR) is 287 cm³/mol. The second kappa shape index (κ2) is 15.0. The Labute approximate surface area is 405 Å². The zero-order valence-electron chi connectivity index (χ0n) is 38.2. The Kier molecular flexibility index (Phi) is 8.36. The summed E-state index contributed by atoms with van der Waals surface area (Å²) >= 11 is 0. The first kappa shape index (κ1) is 39.5. The fraction of sp³-hybridized carbons (Fsp3) is 0.0484. The molecule has 0 fully saturated rings. The number of hydrogen-bond donors (Lipinski definition) is 0. The monoisotopic (exact) mass is 907 g/mol. The third-order valence-electron chi connectivity index (χ3n) is 14.6. The van der Waals surface area contributed by atoms with E-state index in [0.29, 0.717) is 6.42 Å². The molecule has 0 bridgehead atoms. The SMILES string of the molecule is C[C@@]1(c2cccc3cccnc23)C=Cc2c(c3nc(-c4cccc5cccnc45)ccc3c3nc4c5ccc(-c6cccc7cccnc67)nc5c5nc(-c6cccc7cccnc67)ccc5c4nc23)C1. The highest BCUT2D eigenvalue weighted by atomic mass is 14.9. The van der Waals surface area contributed by atoms with Gasteiger partial charge in [-0.05, 0) is 78.2 Å². The molecule has 330 valence electrons. The van der Waals surface area contributed by atoms with E-state index in [-0.39, 0.29) is 0 Å². The summed E-state index contributed by atoms with van der Waals surface area (Å²) in [5, 5.41) is 6.90. The molecule has 1 atom stereocenters. The lowest BCUT2D eigenvalue weighted by molar-refractivity contribution is 0.593. The second-order valence-corrected chi connectivity index (χ2v) is 18.7. The van der Waals surface area contributed by atoms with Crippen LogP contribution in [0.25, 0.3) is 138 Å². The number of benzene rings is 6. The van der Waals surface area contributed by atoms with Gasteiger partial charge in [0.15, 0.2) is 0 Å². The Balaban J connectivity index is 1.04. The number of hydrogen-bond acceptors (Lipinski definition) is 9. The summed E-state index contributed by atoms with van der Waals surface area (Å²) < 4.78 is 0. The Hall–Kier alpha value is -9.47. The van der Waals surface area contributed by atoms with E-state index in [4.69, 9.17) is 44.9 Å². The molecule has 0 unspecified atom stereocenters. The molecule has 0 saturated heterocycles. The van der Waals surface area contributed by atoms with Gasteiger partial charge in [-0.1, -0.05) is 116 Å². The fourth-order valence-corrected chi connectivity index (χ4v) is 11.2. The number of pyridine rings is 7. The zero-order valence-corrected chi connectivity index (χ0v) is 38.2. The van der Waals surface area contributed by atoms with Gasteiger partial charge in [0, 0.05) is 90.2 Å². The number of aromatic nitrogens is 9. The molecule has 9 nitrogen and oxygen atoms in total. The van der Waals surface area contributed by atoms with Crippen molar-refractivity contribution in [3.63, 3.8) is 0 Å². The maximum absolute atomic E-state index is 5.73. The highest BCUT2D eigenvalue weighted by Crippen LogP contribution is 2.45. The van der Waals surface area contributed by atoms with Gasteiger partial charge in [0.1, 0.15) is 0 Å². The molecule has 14 aromatic rings. The summed E-state index contributed by atoms with van der Waals surface area (Å²) in [6, 6.07) is 54.2. The van der Waals surface area contributed by atoms with Gasteiger partial charge < -0.3 is 0 Å². The van der Waals surface area contributed by atoms with Crippen molar-refractivity contribution in [2.24, 2.45) is 0 Å². The van der Waals surface area contributed by atoms with Crippen molar-refractivity contribution in [1.82, 2.24) is 44.9 Å². The van der Waals surface area contributed by atoms with Gasteiger partial charge in [-0.3, -0.25) is 19.9 Å². The highest BCUT2D eigenvalue weighted by molar-refractivity contribution is 6.24. The van der Waals surface area contributed by atoms with Crippen molar-refractivity contribution in [3.05, 3.63) is 205 Å². The van der Waals surface area contributed by atoms with Gasteiger partial charge in [0.2, 0.25) is 0 Å². The molecule has 1 aliphatic carbocycles. The smallest absolute Gasteiger partial charge is 0.0996 e. The molecule has 71 heavy (non-hydrogen) atoms. The van der Waals surface area contributed by atoms with Crippen molar-refractivity contribution in [2.45, 2.75) is 18.8 Å². The van der Waals surface area contributed by atoms with Crippen LogP contribution in [0, 0.1) is 0 Å². The Morgan fingerprint density at radius 2 is 0.718 bits per heavy atom. The molecule has 0 amide bonds. The summed E-state index contributed by atoms with van der Waals surface area (Å²) in [6.07, 6.45) is 12.6. The van der Waals surface area contributed by atoms with Gasteiger partial charge >= 0.3 is 0 Å². The molecule has 0 radical (unpaired) electrons. The van der Waals surface area contributed by atoms with E-state index in [0.717, 1.165) is 149 Å². The van der Waals surface area contributed by atoms with E-state index in [9.17, 15) is 0 Å². The first-order chi connectivity index (χ1) is 35.0. The fourth-order valence-electron chi connectivity index (χ4n) is 11.2. The van der Waals surface area contributed by atoms with Crippen molar-refractivity contribution in [3.8, 4) is 33.8 Å². The Morgan fingerprint density at radius 1 is 0.338 bits per heavy atom. The molecule has 0 aliphatic heterocycles. The van der Waals surface area contributed by atoms with Gasteiger partial charge in [-0.15, -0.1) is 0 Å². The minimum Gasteiger partial charge on any atom is -0.256 e. The number of nitrogens with zero attached hydrogens (tertiary/aromatic N) is 9. The molecular formula is C62H37N9. The number of rotatable bonds is 4. The van der Waals surface area contributed by atoms with E-state index in [1.54, 1.807) is 0 Å². The van der Waals surface area contributed by atoms with Crippen LogP contribution < -0.4 is 0 Å². The number of fused-ring (bicyclic) bond motifs is 16. The van der Waals surface area contributed by atoms with E-state index < -0.39 is 5.41 Å². The molecule has 0 spiro atoms. The Morgan fingerprint density at radius 3 is 1.23 bits per heavy atom. The van der Waals surface area contributed by atoms with Crippen LogP contribution >= 0.6 is 0 Å². The highest BCUT2D eigenvalue weighted by Gasteiger charge is 2.34.